The lowest BCUT2D eigenvalue weighted by Gasteiger charge is -2.20. The van der Waals surface area contributed by atoms with Gasteiger partial charge >= 0.3 is 0 Å². The molecule has 0 aromatic carbocycles. The second kappa shape index (κ2) is 6.59. The van der Waals surface area contributed by atoms with Crippen LogP contribution in [0.5, 0.6) is 0 Å². The van der Waals surface area contributed by atoms with Gasteiger partial charge in [0, 0.05) is 18.7 Å². The molecule has 1 amide bonds. The summed E-state index contributed by atoms with van der Waals surface area (Å²) in [5.74, 6) is 0.877. The van der Waals surface area contributed by atoms with Gasteiger partial charge in [-0.3, -0.25) is 4.79 Å². The van der Waals surface area contributed by atoms with E-state index in [1.807, 2.05) is 0 Å². The molecule has 0 spiro atoms. The number of amides is 1. The van der Waals surface area contributed by atoms with Crippen LogP contribution < -0.4 is 10.6 Å². The molecule has 18 heavy (non-hydrogen) atoms. The van der Waals surface area contributed by atoms with Gasteiger partial charge in [0.05, 0.1) is 0 Å². The van der Waals surface area contributed by atoms with E-state index < -0.39 is 0 Å². The molecule has 1 unspecified atom stereocenters. The molecule has 4 nitrogen and oxygen atoms in total. The number of carbonyl (C=O) groups excluding carboxylic acids is 1. The molecule has 1 aromatic rings. The fourth-order valence-electron chi connectivity index (χ4n) is 1.75. The van der Waals surface area contributed by atoms with E-state index in [4.69, 9.17) is 11.6 Å². The van der Waals surface area contributed by atoms with Crippen LogP contribution in [0.1, 0.15) is 37.6 Å². The summed E-state index contributed by atoms with van der Waals surface area (Å²) < 4.78 is 0. The zero-order chi connectivity index (χ0) is 13.7. The first-order chi connectivity index (χ1) is 8.47. The lowest BCUT2D eigenvalue weighted by atomic mass is 10.0. The second-order valence-corrected chi connectivity index (χ2v) is 4.93. The Morgan fingerprint density at radius 3 is 2.61 bits per heavy atom. The van der Waals surface area contributed by atoms with Crippen molar-refractivity contribution in [2.45, 2.75) is 33.2 Å². The first-order valence-corrected chi connectivity index (χ1v) is 6.52. The van der Waals surface area contributed by atoms with Crippen molar-refractivity contribution in [2.24, 2.45) is 5.92 Å². The lowest BCUT2D eigenvalue weighted by molar-refractivity contribution is 0.0924. The molecule has 1 rings (SSSR count). The zero-order valence-electron chi connectivity index (χ0n) is 11.2. The quantitative estimate of drug-likeness (QED) is 0.808. The Labute approximate surface area is 113 Å². The highest BCUT2D eigenvalue weighted by Crippen LogP contribution is 2.15. The summed E-state index contributed by atoms with van der Waals surface area (Å²) in [7, 11) is 1.74. The standard InChI is InChI=1S/C13H20ClN3O/c1-5-10(8(2)3)16-13(18)9-6-11(14)17-12(7-9)15-4/h6-8,10H,5H2,1-4H3,(H,15,17)(H,16,18). The number of hydrogen-bond donors (Lipinski definition) is 2. The van der Waals surface area contributed by atoms with E-state index in [0.717, 1.165) is 6.42 Å². The highest BCUT2D eigenvalue weighted by molar-refractivity contribution is 6.29. The van der Waals surface area contributed by atoms with Crippen LogP contribution in [0.2, 0.25) is 5.15 Å². The summed E-state index contributed by atoms with van der Waals surface area (Å²) in [5.41, 5.74) is 0.526. The Morgan fingerprint density at radius 1 is 1.44 bits per heavy atom. The summed E-state index contributed by atoms with van der Waals surface area (Å²) in [6.07, 6.45) is 0.904. The zero-order valence-corrected chi connectivity index (χ0v) is 12.0. The van der Waals surface area contributed by atoms with Crippen LogP contribution in [0.3, 0.4) is 0 Å². The van der Waals surface area contributed by atoms with Crippen molar-refractivity contribution in [3.8, 4) is 0 Å². The minimum Gasteiger partial charge on any atom is -0.373 e. The number of anilines is 1. The van der Waals surface area contributed by atoms with Gasteiger partial charge in [-0.25, -0.2) is 4.98 Å². The van der Waals surface area contributed by atoms with E-state index in [2.05, 4.69) is 36.4 Å². The largest absolute Gasteiger partial charge is 0.373 e. The van der Waals surface area contributed by atoms with Crippen molar-refractivity contribution < 1.29 is 4.79 Å². The molecule has 0 bridgehead atoms. The van der Waals surface area contributed by atoms with Gasteiger partial charge in [0.25, 0.3) is 5.91 Å². The summed E-state index contributed by atoms with van der Waals surface area (Å²) in [4.78, 5) is 16.2. The summed E-state index contributed by atoms with van der Waals surface area (Å²) in [6, 6.07) is 3.43. The van der Waals surface area contributed by atoms with E-state index in [1.165, 1.54) is 0 Å². The van der Waals surface area contributed by atoms with E-state index in [1.54, 1.807) is 19.2 Å². The monoisotopic (exact) mass is 269 g/mol. The maximum atomic E-state index is 12.1. The number of carbonyl (C=O) groups is 1. The Morgan fingerprint density at radius 2 is 2.11 bits per heavy atom. The van der Waals surface area contributed by atoms with Crippen LogP contribution in [0.15, 0.2) is 12.1 Å². The highest BCUT2D eigenvalue weighted by Gasteiger charge is 2.16. The summed E-state index contributed by atoms with van der Waals surface area (Å²) in [5, 5.41) is 6.20. The SMILES string of the molecule is CCC(NC(=O)c1cc(Cl)nc(NC)c1)C(C)C. The van der Waals surface area contributed by atoms with Gasteiger partial charge in [-0.2, -0.15) is 0 Å². The molecule has 0 fully saturated rings. The molecule has 0 aliphatic rings. The van der Waals surface area contributed by atoms with E-state index >= 15 is 0 Å². The molecule has 0 saturated heterocycles. The molecule has 1 aromatic heterocycles. The number of halogens is 1. The Balaban J connectivity index is 2.86. The minimum absolute atomic E-state index is 0.114. The molecule has 0 aliphatic heterocycles. The van der Waals surface area contributed by atoms with E-state index in [0.29, 0.717) is 22.5 Å². The number of pyridine rings is 1. The Bertz CT molecular complexity index is 421. The molecule has 1 atom stereocenters. The average Bonchev–Trinajstić information content (AvgIpc) is 2.34. The molecular weight excluding hydrogens is 250 g/mol. The van der Waals surface area contributed by atoms with Crippen LogP contribution in [-0.4, -0.2) is 24.0 Å². The number of hydrogen-bond acceptors (Lipinski definition) is 3. The first-order valence-electron chi connectivity index (χ1n) is 6.14. The van der Waals surface area contributed by atoms with Crippen molar-refractivity contribution in [1.82, 2.24) is 10.3 Å². The number of nitrogens with zero attached hydrogens (tertiary/aromatic N) is 1. The summed E-state index contributed by atoms with van der Waals surface area (Å²) in [6.45, 7) is 6.24. The lowest BCUT2D eigenvalue weighted by Crippen LogP contribution is -2.38. The van der Waals surface area contributed by atoms with Gasteiger partial charge in [-0.05, 0) is 24.5 Å². The molecule has 0 radical (unpaired) electrons. The van der Waals surface area contributed by atoms with Gasteiger partial charge in [0.2, 0.25) is 0 Å². The highest BCUT2D eigenvalue weighted by atomic mass is 35.5. The average molecular weight is 270 g/mol. The third kappa shape index (κ3) is 3.88. The molecular formula is C13H20ClN3O. The second-order valence-electron chi connectivity index (χ2n) is 4.55. The van der Waals surface area contributed by atoms with Crippen molar-refractivity contribution in [3.05, 3.63) is 22.8 Å². The third-order valence-corrected chi connectivity index (χ3v) is 3.07. The number of aromatic nitrogens is 1. The van der Waals surface area contributed by atoms with Crippen LogP contribution in [0.4, 0.5) is 5.82 Å². The van der Waals surface area contributed by atoms with E-state index in [-0.39, 0.29) is 11.9 Å². The van der Waals surface area contributed by atoms with Gasteiger partial charge in [0.1, 0.15) is 11.0 Å². The summed E-state index contributed by atoms with van der Waals surface area (Å²) >= 11 is 5.87. The predicted molar refractivity (Wildman–Crippen MR) is 75.2 cm³/mol. The van der Waals surface area contributed by atoms with Crippen LogP contribution in [0, 0.1) is 5.92 Å². The molecule has 2 N–H and O–H groups in total. The van der Waals surface area contributed by atoms with Gasteiger partial charge in [-0.1, -0.05) is 32.4 Å². The maximum absolute atomic E-state index is 12.1. The van der Waals surface area contributed by atoms with Gasteiger partial charge < -0.3 is 10.6 Å². The van der Waals surface area contributed by atoms with Crippen molar-refractivity contribution in [1.29, 1.82) is 0 Å². The van der Waals surface area contributed by atoms with Gasteiger partial charge in [-0.15, -0.1) is 0 Å². The fraction of sp³-hybridized carbons (Fsp3) is 0.538. The Hall–Kier alpha value is -1.29. The van der Waals surface area contributed by atoms with E-state index in [9.17, 15) is 4.79 Å². The van der Waals surface area contributed by atoms with Crippen LogP contribution >= 0.6 is 11.6 Å². The normalized spacial score (nSPS) is 12.3. The Kier molecular flexibility index (Phi) is 5.41. The van der Waals surface area contributed by atoms with Crippen molar-refractivity contribution in [3.63, 3.8) is 0 Å². The molecule has 0 saturated carbocycles. The number of rotatable bonds is 5. The topological polar surface area (TPSA) is 54.0 Å². The number of nitrogens with one attached hydrogen (secondary N) is 2. The molecule has 5 heteroatoms. The maximum Gasteiger partial charge on any atom is 0.251 e. The first kappa shape index (κ1) is 14.8. The molecule has 1 heterocycles. The molecule has 0 aliphatic carbocycles. The predicted octanol–water partition coefficient (Wildman–Crippen LogP) is 2.94. The van der Waals surface area contributed by atoms with Gasteiger partial charge in [0.15, 0.2) is 0 Å². The van der Waals surface area contributed by atoms with Crippen LogP contribution in [-0.2, 0) is 0 Å². The smallest absolute Gasteiger partial charge is 0.251 e. The van der Waals surface area contributed by atoms with Crippen molar-refractivity contribution in [2.75, 3.05) is 12.4 Å². The van der Waals surface area contributed by atoms with Crippen LogP contribution in [0.25, 0.3) is 0 Å². The molecule has 100 valence electrons. The minimum atomic E-state index is -0.114. The third-order valence-electron chi connectivity index (χ3n) is 2.87. The van der Waals surface area contributed by atoms with Crippen molar-refractivity contribution >= 4 is 23.3 Å². The fourth-order valence-corrected chi connectivity index (χ4v) is 1.96.